The van der Waals surface area contributed by atoms with Crippen LogP contribution in [-0.2, 0) is 10.0 Å². The molecule has 1 aliphatic rings. The van der Waals surface area contributed by atoms with Crippen molar-refractivity contribution in [3.63, 3.8) is 0 Å². The predicted octanol–water partition coefficient (Wildman–Crippen LogP) is 1.65. The first-order valence-electron chi connectivity index (χ1n) is 6.49. The van der Waals surface area contributed by atoms with Crippen molar-refractivity contribution >= 4 is 10.0 Å². The van der Waals surface area contributed by atoms with E-state index in [1.165, 1.54) is 0 Å². The van der Waals surface area contributed by atoms with Gasteiger partial charge >= 0.3 is 0 Å². The minimum Gasteiger partial charge on any atom is -0.396 e. The molecule has 112 valence electrons. The molecule has 1 aromatic carbocycles. The monoisotopic (exact) mass is 305 g/mol. The number of halogens is 2. The largest absolute Gasteiger partial charge is 0.396 e. The average molecular weight is 305 g/mol. The normalized spacial score (nSPS) is 23.1. The zero-order valence-corrected chi connectivity index (χ0v) is 11.7. The zero-order chi connectivity index (χ0) is 14.8. The highest BCUT2D eigenvalue weighted by Gasteiger charge is 2.28. The van der Waals surface area contributed by atoms with E-state index < -0.39 is 26.6 Å². The van der Waals surface area contributed by atoms with Gasteiger partial charge in [0.15, 0.2) is 0 Å². The molecule has 1 aromatic rings. The number of aliphatic hydroxyl groups is 1. The van der Waals surface area contributed by atoms with E-state index in [1.54, 1.807) is 0 Å². The van der Waals surface area contributed by atoms with Crippen LogP contribution in [0.15, 0.2) is 23.1 Å². The molecule has 2 unspecified atom stereocenters. The Hall–Kier alpha value is -1.05. The molecule has 0 spiro atoms. The lowest BCUT2D eigenvalue weighted by Crippen LogP contribution is -2.32. The van der Waals surface area contributed by atoms with Gasteiger partial charge in [-0.1, -0.05) is 6.42 Å². The van der Waals surface area contributed by atoms with Crippen molar-refractivity contribution in [2.24, 2.45) is 11.8 Å². The fourth-order valence-electron chi connectivity index (χ4n) is 2.60. The highest BCUT2D eigenvalue weighted by atomic mass is 32.2. The van der Waals surface area contributed by atoms with E-state index in [4.69, 9.17) is 0 Å². The number of rotatable bonds is 5. The smallest absolute Gasteiger partial charge is 0.243 e. The highest BCUT2D eigenvalue weighted by molar-refractivity contribution is 7.89. The van der Waals surface area contributed by atoms with Gasteiger partial charge in [-0.25, -0.2) is 21.9 Å². The van der Waals surface area contributed by atoms with Gasteiger partial charge in [-0.15, -0.1) is 0 Å². The van der Waals surface area contributed by atoms with Crippen molar-refractivity contribution in [2.45, 2.75) is 24.2 Å². The highest BCUT2D eigenvalue weighted by Crippen LogP contribution is 2.31. The maximum Gasteiger partial charge on any atom is 0.243 e. The summed E-state index contributed by atoms with van der Waals surface area (Å²) in [6, 6.07) is 2.32. The standard InChI is InChI=1S/C13H17F2NO3S/c14-11-4-5-12(15)13(6-11)20(18,19)16-7-9-2-1-3-10(9)8-17/h4-6,9-10,16-17H,1-3,7-8H2. The number of nitrogens with one attached hydrogen (secondary N) is 1. The van der Waals surface area contributed by atoms with E-state index in [9.17, 15) is 22.3 Å². The third kappa shape index (κ3) is 3.34. The molecule has 1 fully saturated rings. The van der Waals surface area contributed by atoms with Gasteiger partial charge in [0.25, 0.3) is 0 Å². The second-order valence-corrected chi connectivity index (χ2v) is 6.80. The minimum absolute atomic E-state index is 0.0146. The maximum absolute atomic E-state index is 13.5. The fraction of sp³-hybridized carbons (Fsp3) is 0.538. The fourth-order valence-corrected chi connectivity index (χ4v) is 3.78. The molecule has 1 aliphatic carbocycles. The Kier molecular flexibility index (Phi) is 4.72. The Morgan fingerprint density at radius 2 is 1.95 bits per heavy atom. The molecular weight excluding hydrogens is 288 g/mol. The Bertz CT molecular complexity index is 577. The van der Waals surface area contributed by atoms with E-state index in [0.717, 1.165) is 31.4 Å². The topological polar surface area (TPSA) is 66.4 Å². The molecule has 0 saturated heterocycles. The Morgan fingerprint density at radius 1 is 1.25 bits per heavy atom. The number of benzene rings is 1. The summed E-state index contributed by atoms with van der Waals surface area (Å²) in [6.45, 7) is 0.143. The first-order valence-corrected chi connectivity index (χ1v) is 7.98. The van der Waals surface area contributed by atoms with Crippen molar-refractivity contribution < 1.29 is 22.3 Å². The second-order valence-electron chi connectivity index (χ2n) is 5.06. The van der Waals surface area contributed by atoms with Crippen molar-refractivity contribution in [3.8, 4) is 0 Å². The van der Waals surface area contributed by atoms with Crippen LogP contribution >= 0.6 is 0 Å². The summed E-state index contributed by atoms with van der Waals surface area (Å²) >= 11 is 0. The number of hydrogen-bond donors (Lipinski definition) is 2. The maximum atomic E-state index is 13.5. The molecule has 1 saturated carbocycles. The van der Waals surface area contributed by atoms with Gasteiger partial charge < -0.3 is 5.11 Å². The van der Waals surface area contributed by atoms with Gasteiger partial charge in [0, 0.05) is 13.2 Å². The average Bonchev–Trinajstić information content (AvgIpc) is 2.86. The predicted molar refractivity (Wildman–Crippen MR) is 69.5 cm³/mol. The number of hydrogen-bond acceptors (Lipinski definition) is 3. The summed E-state index contributed by atoms with van der Waals surface area (Å²) in [5.74, 6) is -1.69. The molecule has 0 radical (unpaired) electrons. The summed E-state index contributed by atoms with van der Waals surface area (Å²) in [6.07, 6.45) is 2.61. The van der Waals surface area contributed by atoms with E-state index in [2.05, 4.69) is 4.72 Å². The zero-order valence-electron chi connectivity index (χ0n) is 10.9. The Morgan fingerprint density at radius 3 is 2.65 bits per heavy atom. The van der Waals surface area contributed by atoms with Gasteiger partial charge in [-0.05, 0) is 42.9 Å². The lowest BCUT2D eigenvalue weighted by molar-refractivity contribution is 0.195. The van der Waals surface area contributed by atoms with Crippen molar-refractivity contribution in [3.05, 3.63) is 29.8 Å². The van der Waals surface area contributed by atoms with E-state index in [1.807, 2.05) is 0 Å². The molecular formula is C13H17F2NO3S. The second kappa shape index (κ2) is 6.15. The van der Waals surface area contributed by atoms with E-state index in [-0.39, 0.29) is 25.0 Å². The van der Waals surface area contributed by atoms with Gasteiger partial charge in [0.2, 0.25) is 10.0 Å². The van der Waals surface area contributed by atoms with Crippen LogP contribution in [0.25, 0.3) is 0 Å². The van der Waals surface area contributed by atoms with Gasteiger partial charge in [-0.2, -0.15) is 0 Å². The van der Waals surface area contributed by atoms with Crippen molar-refractivity contribution in [2.75, 3.05) is 13.2 Å². The number of sulfonamides is 1. The van der Waals surface area contributed by atoms with Crippen LogP contribution in [0.4, 0.5) is 8.78 Å². The van der Waals surface area contributed by atoms with Crippen LogP contribution in [0.5, 0.6) is 0 Å². The Balaban J connectivity index is 2.09. The van der Waals surface area contributed by atoms with Crippen LogP contribution in [0.3, 0.4) is 0 Å². The molecule has 4 nitrogen and oxygen atoms in total. The van der Waals surface area contributed by atoms with Gasteiger partial charge in [-0.3, -0.25) is 0 Å². The molecule has 2 rings (SSSR count). The summed E-state index contributed by atoms with van der Waals surface area (Å²) in [5, 5.41) is 9.18. The van der Waals surface area contributed by atoms with Crippen molar-refractivity contribution in [1.29, 1.82) is 0 Å². The quantitative estimate of drug-likeness (QED) is 0.869. The minimum atomic E-state index is -4.08. The van der Waals surface area contributed by atoms with Gasteiger partial charge in [0.05, 0.1) is 0 Å². The van der Waals surface area contributed by atoms with Crippen LogP contribution in [0.1, 0.15) is 19.3 Å². The lowest BCUT2D eigenvalue weighted by Gasteiger charge is -2.18. The molecule has 0 aliphatic heterocycles. The van der Waals surface area contributed by atoms with Crippen LogP contribution < -0.4 is 4.72 Å². The van der Waals surface area contributed by atoms with Crippen LogP contribution in [0, 0.1) is 23.5 Å². The molecule has 20 heavy (non-hydrogen) atoms. The molecule has 2 N–H and O–H groups in total. The van der Waals surface area contributed by atoms with Crippen LogP contribution in [0.2, 0.25) is 0 Å². The first-order chi connectivity index (χ1) is 9.44. The summed E-state index contributed by atoms with van der Waals surface area (Å²) in [4.78, 5) is -0.684. The third-order valence-corrected chi connectivity index (χ3v) is 5.21. The molecule has 0 heterocycles. The molecule has 7 heteroatoms. The number of aliphatic hydroxyl groups excluding tert-OH is 1. The van der Waals surface area contributed by atoms with Gasteiger partial charge in [0.1, 0.15) is 16.5 Å². The van der Waals surface area contributed by atoms with Crippen LogP contribution in [-0.4, -0.2) is 26.7 Å². The third-order valence-electron chi connectivity index (χ3n) is 3.77. The summed E-state index contributed by atoms with van der Waals surface area (Å²) in [5.41, 5.74) is 0. The Labute approximate surface area is 116 Å². The SMILES string of the molecule is O=S(=O)(NCC1CCCC1CO)c1cc(F)ccc1F. The summed E-state index contributed by atoms with van der Waals surface area (Å²) < 4.78 is 52.8. The molecule has 0 bridgehead atoms. The van der Waals surface area contributed by atoms with E-state index >= 15 is 0 Å². The molecule has 0 amide bonds. The van der Waals surface area contributed by atoms with Crippen molar-refractivity contribution in [1.82, 2.24) is 4.72 Å². The lowest BCUT2D eigenvalue weighted by atomic mass is 9.97. The molecule has 2 atom stereocenters. The first kappa shape index (κ1) is 15.3. The molecule has 0 aromatic heterocycles. The summed E-state index contributed by atoms with van der Waals surface area (Å²) in [7, 11) is -4.08. The van der Waals surface area contributed by atoms with E-state index in [0.29, 0.717) is 6.07 Å².